The Morgan fingerprint density at radius 2 is 1.85 bits per heavy atom. The molecule has 0 aliphatic heterocycles. The first-order valence-corrected chi connectivity index (χ1v) is 6.08. The maximum atomic E-state index is 4.45. The number of hydrogen-bond donors (Lipinski definition) is 2. The number of hydrogen-bond acceptors (Lipinski definition) is 2. The number of aliphatic imine (C=N–C) groups is 1. The third-order valence-corrected chi connectivity index (χ3v) is 2.55. The summed E-state index contributed by atoms with van der Waals surface area (Å²) in [6.07, 6.45) is 2.11. The molecule has 13 heavy (non-hydrogen) atoms. The maximum absolute atomic E-state index is 4.45. The van der Waals surface area contributed by atoms with Crippen LogP contribution in [0.15, 0.2) is 4.99 Å². The maximum Gasteiger partial charge on any atom is 0.191 e. The zero-order valence-corrected chi connectivity index (χ0v) is 9.87. The molecule has 0 saturated heterocycles. The molecule has 0 fully saturated rings. The summed E-state index contributed by atoms with van der Waals surface area (Å²) in [5.74, 6) is 0.922. The van der Waals surface area contributed by atoms with Crippen molar-refractivity contribution in [2.75, 3.05) is 25.9 Å². The number of nitrogens with one attached hydrogen (secondary N) is 2. The Balaban J connectivity index is 3.86. The van der Waals surface area contributed by atoms with Gasteiger partial charge in [-0.25, -0.2) is 0 Å². The van der Waals surface area contributed by atoms with Gasteiger partial charge in [0, 0.05) is 18.3 Å². The smallest absolute Gasteiger partial charge is 0.191 e. The molecule has 0 aliphatic carbocycles. The average Bonchev–Trinajstić information content (AvgIpc) is 2.14. The van der Waals surface area contributed by atoms with Crippen LogP contribution in [-0.4, -0.2) is 37.1 Å². The molecule has 3 nitrogen and oxygen atoms in total. The standard InChI is InChI=1S/C9H21N3S/c1-5-10-9(11-6-2)12-7-8(3)13-4/h8H,5-7H2,1-4H3,(H2,10,11,12)/t8-/m1/s1. The number of thioether (sulfide) groups is 1. The van der Waals surface area contributed by atoms with Gasteiger partial charge in [-0.05, 0) is 20.1 Å². The highest BCUT2D eigenvalue weighted by atomic mass is 32.2. The van der Waals surface area contributed by atoms with Gasteiger partial charge < -0.3 is 10.6 Å². The molecule has 0 rings (SSSR count). The Morgan fingerprint density at radius 1 is 1.31 bits per heavy atom. The van der Waals surface area contributed by atoms with Gasteiger partial charge in [-0.2, -0.15) is 11.8 Å². The van der Waals surface area contributed by atoms with Crippen molar-refractivity contribution in [3.8, 4) is 0 Å². The Kier molecular flexibility index (Phi) is 7.99. The van der Waals surface area contributed by atoms with Gasteiger partial charge in [-0.3, -0.25) is 4.99 Å². The first-order chi connectivity index (χ1) is 6.24. The molecule has 0 aromatic rings. The van der Waals surface area contributed by atoms with E-state index in [0.717, 1.165) is 25.6 Å². The van der Waals surface area contributed by atoms with Crippen LogP contribution in [-0.2, 0) is 0 Å². The fraction of sp³-hybridized carbons (Fsp3) is 0.889. The van der Waals surface area contributed by atoms with Crippen LogP contribution in [0.2, 0.25) is 0 Å². The van der Waals surface area contributed by atoms with Crippen LogP contribution in [0.5, 0.6) is 0 Å². The first kappa shape index (κ1) is 12.6. The first-order valence-electron chi connectivity index (χ1n) is 4.79. The second-order valence-electron chi connectivity index (χ2n) is 2.80. The second kappa shape index (κ2) is 8.23. The SMILES string of the molecule is CCNC(=NC[C@@H](C)SC)NCC. The molecule has 0 aromatic carbocycles. The van der Waals surface area contributed by atoms with Crippen molar-refractivity contribution in [2.45, 2.75) is 26.0 Å². The Hall–Kier alpha value is -0.380. The van der Waals surface area contributed by atoms with Crippen molar-refractivity contribution >= 4 is 17.7 Å². The zero-order chi connectivity index (χ0) is 10.1. The van der Waals surface area contributed by atoms with E-state index in [9.17, 15) is 0 Å². The molecule has 0 spiro atoms. The summed E-state index contributed by atoms with van der Waals surface area (Å²) >= 11 is 1.84. The third kappa shape index (κ3) is 6.75. The van der Waals surface area contributed by atoms with E-state index >= 15 is 0 Å². The normalized spacial score (nSPS) is 12.0. The van der Waals surface area contributed by atoms with Gasteiger partial charge in [-0.1, -0.05) is 6.92 Å². The van der Waals surface area contributed by atoms with Crippen molar-refractivity contribution < 1.29 is 0 Å². The highest BCUT2D eigenvalue weighted by Gasteiger charge is 1.98. The Bertz CT molecular complexity index is 140. The molecule has 0 aromatic heterocycles. The van der Waals surface area contributed by atoms with Crippen LogP contribution in [0, 0.1) is 0 Å². The van der Waals surface area contributed by atoms with Gasteiger partial charge in [0.1, 0.15) is 0 Å². The molecular formula is C9H21N3S. The molecule has 0 aliphatic rings. The van der Waals surface area contributed by atoms with Crippen LogP contribution in [0.3, 0.4) is 0 Å². The van der Waals surface area contributed by atoms with E-state index in [1.54, 1.807) is 0 Å². The molecule has 0 heterocycles. The highest BCUT2D eigenvalue weighted by molar-refractivity contribution is 7.99. The summed E-state index contributed by atoms with van der Waals surface area (Å²) in [5.41, 5.74) is 0. The van der Waals surface area contributed by atoms with E-state index in [4.69, 9.17) is 0 Å². The summed E-state index contributed by atoms with van der Waals surface area (Å²) in [6, 6.07) is 0. The van der Waals surface area contributed by atoms with Crippen molar-refractivity contribution in [2.24, 2.45) is 4.99 Å². The van der Waals surface area contributed by atoms with Crippen molar-refractivity contribution in [3.63, 3.8) is 0 Å². The van der Waals surface area contributed by atoms with E-state index < -0.39 is 0 Å². The van der Waals surface area contributed by atoms with Crippen LogP contribution in [0.25, 0.3) is 0 Å². The van der Waals surface area contributed by atoms with Gasteiger partial charge in [0.25, 0.3) is 0 Å². The summed E-state index contributed by atoms with van der Waals surface area (Å²) < 4.78 is 0. The summed E-state index contributed by atoms with van der Waals surface area (Å²) in [4.78, 5) is 4.45. The van der Waals surface area contributed by atoms with Gasteiger partial charge in [-0.15, -0.1) is 0 Å². The topological polar surface area (TPSA) is 36.4 Å². The van der Waals surface area contributed by atoms with E-state index in [1.807, 2.05) is 11.8 Å². The van der Waals surface area contributed by atoms with E-state index in [2.05, 4.69) is 42.7 Å². The van der Waals surface area contributed by atoms with Crippen LogP contribution in [0.4, 0.5) is 0 Å². The van der Waals surface area contributed by atoms with Crippen molar-refractivity contribution in [1.82, 2.24) is 10.6 Å². The zero-order valence-electron chi connectivity index (χ0n) is 9.05. The molecular weight excluding hydrogens is 182 g/mol. The molecule has 1 atom stereocenters. The monoisotopic (exact) mass is 203 g/mol. The van der Waals surface area contributed by atoms with Gasteiger partial charge in [0.2, 0.25) is 0 Å². The molecule has 0 amide bonds. The lowest BCUT2D eigenvalue weighted by atomic mass is 10.5. The predicted octanol–water partition coefficient (Wildman–Crippen LogP) is 1.31. The van der Waals surface area contributed by atoms with Crippen LogP contribution in [0.1, 0.15) is 20.8 Å². The third-order valence-electron chi connectivity index (χ3n) is 1.60. The lowest BCUT2D eigenvalue weighted by molar-refractivity contribution is 0.831. The quantitative estimate of drug-likeness (QED) is 0.522. The van der Waals surface area contributed by atoms with Gasteiger partial charge in [0.15, 0.2) is 5.96 Å². The summed E-state index contributed by atoms with van der Waals surface area (Å²) in [5, 5.41) is 6.98. The van der Waals surface area contributed by atoms with E-state index in [0.29, 0.717) is 5.25 Å². The number of rotatable bonds is 5. The Labute approximate surface area is 85.8 Å². The van der Waals surface area contributed by atoms with Crippen LogP contribution >= 0.6 is 11.8 Å². The van der Waals surface area contributed by atoms with Gasteiger partial charge in [0.05, 0.1) is 6.54 Å². The highest BCUT2D eigenvalue weighted by Crippen LogP contribution is 2.04. The molecule has 0 unspecified atom stereocenters. The fourth-order valence-electron chi connectivity index (χ4n) is 0.804. The van der Waals surface area contributed by atoms with Crippen molar-refractivity contribution in [1.29, 1.82) is 0 Å². The van der Waals surface area contributed by atoms with E-state index in [1.165, 1.54) is 0 Å². The fourth-order valence-corrected chi connectivity index (χ4v) is 1.03. The van der Waals surface area contributed by atoms with Crippen molar-refractivity contribution in [3.05, 3.63) is 0 Å². The molecule has 0 saturated carbocycles. The largest absolute Gasteiger partial charge is 0.357 e. The number of guanidine groups is 1. The van der Waals surface area contributed by atoms with Crippen LogP contribution < -0.4 is 10.6 Å². The molecule has 4 heteroatoms. The minimum absolute atomic E-state index is 0.590. The van der Waals surface area contributed by atoms with E-state index in [-0.39, 0.29) is 0 Å². The molecule has 0 radical (unpaired) electrons. The minimum atomic E-state index is 0.590. The lowest BCUT2D eigenvalue weighted by Crippen LogP contribution is -2.37. The predicted molar refractivity (Wildman–Crippen MR) is 62.6 cm³/mol. The second-order valence-corrected chi connectivity index (χ2v) is 4.07. The summed E-state index contributed by atoms with van der Waals surface area (Å²) in [7, 11) is 0. The summed E-state index contributed by atoms with van der Waals surface area (Å²) in [6.45, 7) is 9.04. The minimum Gasteiger partial charge on any atom is -0.357 e. The average molecular weight is 203 g/mol. The molecule has 0 bridgehead atoms. The lowest BCUT2D eigenvalue weighted by Gasteiger charge is -2.10. The Morgan fingerprint density at radius 3 is 2.23 bits per heavy atom. The molecule has 2 N–H and O–H groups in total. The molecule has 78 valence electrons. The van der Waals surface area contributed by atoms with Gasteiger partial charge >= 0.3 is 0 Å². The number of nitrogens with zero attached hydrogens (tertiary/aromatic N) is 1.